The lowest BCUT2D eigenvalue weighted by molar-refractivity contribution is -0.167. The summed E-state index contributed by atoms with van der Waals surface area (Å²) in [6.45, 7) is 5.34. The number of amides is 1. The van der Waals surface area contributed by atoms with Gasteiger partial charge in [-0.15, -0.1) is 0 Å². The van der Waals surface area contributed by atoms with Crippen LogP contribution in [-0.2, 0) is 10.3 Å². The number of carbonyl (C=O) groups excluding carboxylic acids is 1. The van der Waals surface area contributed by atoms with Gasteiger partial charge in [0.15, 0.2) is 0 Å². The zero-order valence-corrected chi connectivity index (χ0v) is 12.3. The molecule has 0 atom stereocenters. The van der Waals surface area contributed by atoms with Crippen LogP contribution in [0.25, 0.3) is 0 Å². The molecule has 0 N–H and O–H groups in total. The van der Waals surface area contributed by atoms with Crippen LogP contribution in [0.5, 0.6) is 0 Å². The molecule has 5 heteroatoms. The van der Waals surface area contributed by atoms with E-state index in [9.17, 15) is 4.79 Å². The first-order valence-electron chi connectivity index (χ1n) is 7.89. The van der Waals surface area contributed by atoms with Crippen LogP contribution in [0.15, 0.2) is 18.2 Å². The van der Waals surface area contributed by atoms with Gasteiger partial charge in [-0.25, -0.2) is 4.98 Å². The van der Waals surface area contributed by atoms with Gasteiger partial charge in [-0.05, 0) is 31.4 Å². The SMILES string of the molecule is O=C(c1cccc(C2(N3CCC3)COC2)n1)N1CCCC1. The normalized spacial score (nSPS) is 24.5. The monoisotopic (exact) mass is 287 g/mol. The Balaban J connectivity index is 1.61. The minimum Gasteiger partial charge on any atom is -0.377 e. The number of hydrogen-bond donors (Lipinski definition) is 0. The molecule has 0 spiro atoms. The molecule has 3 aliphatic heterocycles. The summed E-state index contributed by atoms with van der Waals surface area (Å²) in [5.74, 6) is 0.0772. The topological polar surface area (TPSA) is 45.7 Å². The van der Waals surface area contributed by atoms with Crippen molar-refractivity contribution < 1.29 is 9.53 Å². The van der Waals surface area contributed by atoms with Crippen molar-refractivity contribution in [3.63, 3.8) is 0 Å². The third-order valence-electron chi connectivity index (χ3n) is 4.98. The molecule has 0 aromatic carbocycles. The van der Waals surface area contributed by atoms with Crippen LogP contribution in [0.3, 0.4) is 0 Å². The van der Waals surface area contributed by atoms with Crippen LogP contribution < -0.4 is 0 Å². The highest BCUT2D eigenvalue weighted by atomic mass is 16.5. The molecule has 1 aromatic rings. The van der Waals surface area contributed by atoms with Crippen molar-refractivity contribution in [3.05, 3.63) is 29.6 Å². The minimum atomic E-state index is -0.0838. The molecule has 0 radical (unpaired) electrons. The molecule has 1 aromatic heterocycles. The summed E-state index contributed by atoms with van der Waals surface area (Å²) in [5.41, 5.74) is 1.50. The average Bonchev–Trinajstić information content (AvgIpc) is 2.94. The third kappa shape index (κ3) is 2.07. The van der Waals surface area contributed by atoms with E-state index < -0.39 is 0 Å². The Morgan fingerprint density at radius 1 is 1.10 bits per heavy atom. The van der Waals surface area contributed by atoms with E-state index in [0.29, 0.717) is 18.9 Å². The van der Waals surface area contributed by atoms with Gasteiger partial charge in [-0.2, -0.15) is 0 Å². The molecule has 21 heavy (non-hydrogen) atoms. The lowest BCUT2D eigenvalue weighted by Crippen LogP contribution is -2.64. The molecule has 4 heterocycles. The summed E-state index contributed by atoms with van der Waals surface area (Å²) in [6.07, 6.45) is 3.46. The standard InChI is InChI=1S/C16H21N3O2/c20-15(18-7-1-2-8-18)13-5-3-6-14(17-13)16(11-21-12-16)19-9-4-10-19/h3,5-6H,1-2,4,7-12H2. The molecule has 3 fully saturated rings. The van der Waals surface area contributed by atoms with Crippen LogP contribution >= 0.6 is 0 Å². The molecule has 0 unspecified atom stereocenters. The Bertz CT molecular complexity index is 546. The third-order valence-corrected chi connectivity index (χ3v) is 4.98. The van der Waals surface area contributed by atoms with E-state index >= 15 is 0 Å². The van der Waals surface area contributed by atoms with Gasteiger partial charge in [0.05, 0.1) is 18.9 Å². The van der Waals surface area contributed by atoms with Gasteiger partial charge in [0, 0.05) is 26.2 Å². The van der Waals surface area contributed by atoms with Crippen LogP contribution in [0, 0.1) is 0 Å². The van der Waals surface area contributed by atoms with Gasteiger partial charge >= 0.3 is 0 Å². The number of nitrogens with zero attached hydrogens (tertiary/aromatic N) is 3. The quantitative estimate of drug-likeness (QED) is 0.839. The van der Waals surface area contributed by atoms with Crippen LogP contribution in [0.2, 0.25) is 0 Å². The highest BCUT2D eigenvalue weighted by Gasteiger charge is 2.49. The molecule has 0 bridgehead atoms. The van der Waals surface area contributed by atoms with Gasteiger partial charge in [0.1, 0.15) is 11.2 Å². The summed E-state index contributed by atoms with van der Waals surface area (Å²) in [7, 11) is 0. The van der Waals surface area contributed by atoms with E-state index in [2.05, 4.69) is 4.90 Å². The molecule has 3 aliphatic rings. The predicted molar refractivity (Wildman–Crippen MR) is 78.1 cm³/mol. The summed E-state index contributed by atoms with van der Waals surface area (Å²) in [6, 6.07) is 5.85. The van der Waals surface area contributed by atoms with Gasteiger partial charge in [-0.1, -0.05) is 6.07 Å². The molecule has 3 saturated heterocycles. The average molecular weight is 287 g/mol. The van der Waals surface area contributed by atoms with Crippen molar-refractivity contribution in [1.29, 1.82) is 0 Å². The Labute approximate surface area is 124 Å². The summed E-state index contributed by atoms with van der Waals surface area (Å²) >= 11 is 0. The molecule has 0 saturated carbocycles. The molecular formula is C16H21N3O2. The number of aromatic nitrogens is 1. The lowest BCUT2D eigenvalue weighted by atomic mass is 9.87. The van der Waals surface area contributed by atoms with E-state index in [1.807, 2.05) is 23.1 Å². The first-order valence-corrected chi connectivity index (χ1v) is 7.89. The largest absolute Gasteiger partial charge is 0.377 e. The first kappa shape index (κ1) is 13.2. The van der Waals surface area contributed by atoms with Gasteiger partial charge < -0.3 is 9.64 Å². The molecule has 5 nitrogen and oxygen atoms in total. The van der Waals surface area contributed by atoms with Crippen molar-refractivity contribution in [2.45, 2.75) is 24.8 Å². The van der Waals surface area contributed by atoms with Gasteiger partial charge in [0.2, 0.25) is 0 Å². The summed E-state index contributed by atoms with van der Waals surface area (Å²) < 4.78 is 5.47. The molecule has 0 aliphatic carbocycles. The second-order valence-corrected chi connectivity index (χ2v) is 6.27. The molecule has 112 valence electrons. The number of pyridine rings is 1. The van der Waals surface area contributed by atoms with Crippen molar-refractivity contribution in [3.8, 4) is 0 Å². The van der Waals surface area contributed by atoms with Crippen LogP contribution in [-0.4, -0.2) is 60.1 Å². The van der Waals surface area contributed by atoms with E-state index in [1.165, 1.54) is 6.42 Å². The zero-order valence-electron chi connectivity index (χ0n) is 12.3. The fourth-order valence-corrected chi connectivity index (χ4v) is 3.43. The number of hydrogen-bond acceptors (Lipinski definition) is 4. The molecular weight excluding hydrogens is 266 g/mol. The Hall–Kier alpha value is -1.46. The van der Waals surface area contributed by atoms with Crippen molar-refractivity contribution >= 4 is 5.91 Å². The number of ether oxygens (including phenoxy) is 1. The lowest BCUT2D eigenvalue weighted by Gasteiger charge is -2.53. The fraction of sp³-hybridized carbons (Fsp3) is 0.625. The first-order chi connectivity index (χ1) is 10.3. The van der Waals surface area contributed by atoms with E-state index in [1.54, 1.807) is 0 Å². The van der Waals surface area contributed by atoms with Crippen molar-refractivity contribution in [2.24, 2.45) is 0 Å². The fourth-order valence-electron chi connectivity index (χ4n) is 3.43. The van der Waals surface area contributed by atoms with Crippen LogP contribution in [0.1, 0.15) is 35.4 Å². The highest BCUT2D eigenvalue weighted by molar-refractivity contribution is 5.92. The maximum Gasteiger partial charge on any atom is 0.272 e. The summed E-state index contributed by atoms with van der Waals surface area (Å²) in [4.78, 5) is 21.6. The van der Waals surface area contributed by atoms with Gasteiger partial charge in [-0.3, -0.25) is 9.69 Å². The highest BCUT2D eigenvalue weighted by Crippen LogP contribution is 2.38. The van der Waals surface area contributed by atoms with Gasteiger partial charge in [0.25, 0.3) is 5.91 Å². The Morgan fingerprint density at radius 3 is 2.43 bits per heavy atom. The second-order valence-electron chi connectivity index (χ2n) is 6.27. The second kappa shape index (κ2) is 5.07. The number of carbonyl (C=O) groups is 1. The van der Waals surface area contributed by atoms with Crippen LogP contribution in [0.4, 0.5) is 0 Å². The maximum atomic E-state index is 12.5. The Morgan fingerprint density at radius 2 is 1.86 bits per heavy atom. The number of rotatable bonds is 3. The molecule has 4 rings (SSSR count). The smallest absolute Gasteiger partial charge is 0.272 e. The van der Waals surface area contributed by atoms with Crippen molar-refractivity contribution in [1.82, 2.24) is 14.8 Å². The Kier molecular flexibility index (Phi) is 3.19. The van der Waals surface area contributed by atoms with E-state index in [4.69, 9.17) is 9.72 Å². The maximum absolute atomic E-state index is 12.5. The minimum absolute atomic E-state index is 0.0772. The van der Waals surface area contributed by atoms with E-state index in [-0.39, 0.29) is 11.4 Å². The van der Waals surface area contributed by atoms with E-state index in [0.717, 1.165) is 44.7 Å². The summed E-state index contributed by atoms with van der Waals surface area (Å²) in [5, 5.41) is 0. The predicted octanol–water partition coefficient (Wildman–Crippen LogP) is 1.25. The van der Waals surface area contributed by atoms with Crippen molar-refractivity contribution in [2.75, 3.05) is 39.4 Å². The zero-order chi connectivity index (χ0) is 14.3. The number of likely N-dealkylation sites (tertiary alicyclic amines) is 2. The molecule has 1 amide bonds.